The van der Waals surface area contributed by atoms with Gasteiger partial charge in [0, 0.05) is 45.1 Å². The van der Waals surface area contributed by atoms with E-state index in [0.29, 0.717) is 5.56 Å². The Hall–Kier alpha value is -9.83. The lowest BCUT2D eigenvalue weighted by Crippen LogP contribution is -2.61. The second-order valence-electron chi connectivity index (χ2n) is 22.8. The van der Waals surface area contributed by atoms with Crippen molar-refractivity contribution in [1.29, 1.82) is 0 Å². The molecule has 11 amide bonds. The standard InChI is InChI=1S/C58H86N12O23/c1-6-29(4)47(69-53(87)36(18-23-45(78)79)63-51(85)34(16-21-43(74)75)64-55(89)39(26-31-11-8-7-9-12-31)68-49(83)32(59)27-46(80)81)57(91)70-24-10-13-40(70)56(90)65-35(17-22-44(76)77)52(86)62-33(15-20-42(72)73)50(84)61-30(5)48(82)67-38(25-28(2)3)54(88)66-37(58(92)93)14-19-41(60)71/h7-9,11-12,28-30,32-40,47H,6,10,13-27,59H2,1-5H3,(H2,60,71)(H,61,84)(H,62,86)(H,63,85)(H,64,89)(H,65,90)(H,66,88)(H,67,82)(H,68,83)(H,69,87)(H,72,73)(H,74,75)(H,76,77)(H,78,79)(H,80,81)(H,92,93)/t29-,30-,32-,33-,34-,35-,36-,37-,38-,39-,40-,47-/m0/s1. The van der Waals surface area contributed by atoms with Crippen LogP contribution < -0.4 is 59.3 Å². The van der Waals surface area contributed by atoms with Gasteiger partial charge >= 0.3 is 35.8 Å². The molecule has 1 aromatic carbocycles. The highest BCUT2D eigenvalue weighted by Crippen LogP contribution is 2.23. The zero-order chi connectivity index (χ0) is 70.4. The summed E-state index contributed by atoms with van der Waals surface area (Å²) in [4.78, 5) is 222. The number of hydrogen-bond acceptors (Lipinski definition) is 18. The van der Waals surface area contributed by atoms with E-state index < -0.39 is 237 Å². The van der Waals surface area contributed by atoms with Crippen LogP contribution in [-0.4, -0.2) is 209 Å². The molecule has 0 saturated carbocycles. The van der Waals surface area contributed by atoms with E-state index in [0.717, 1.165) is 11.8 Å². The summed E-state index contributed by atoms with van der Waals surface area (Å²) in [5, 5.41) is 78.4. The monoisotopic (exact) mass is 1320 g/mol. The number of nitrogens with two attached hydrogens (primary N) is 2. The van der Waals surface area contributed by atoms with Gasteiger partial charge in [-0.15, -0.1) is 0 Å². The third kappa shape index (κ3) is 28.9. The molecular formula is C58H86N12O23. The maximum absolute atomic E-state index is 14.7. The molecule has 1 saturated heterocycles. The maximum atomic E-state index is 14.7. The quantitative estimate of drug-likeness (QED) is 0.0299. The summed E-state index contributed by atoms with van der Waals surface area (Å²) in [6.45, 7) is 7.54. The lowest BCUT2D eigenvalue weighted by Gasteiger charge is -2.33. The minimum absolute atomic E-state index is 0.0468. The van der Waals surface area contributed by atoms with Gasteiger partial charge in [0.05, 0.1) is 12.5 Å². The summed E-state index contributed by atoms with van der Waals surface area (Å²) in [6.07, 6.45) is -7.29. The molecule has 35 nitrogen and oxygen atoms in total. The van der Waals surface area contributed by atoms with E-state index in [1.165, 1.54) is 6.92 Å². The van der Waals surface area contributed by atoms with Gasteiger partial charge in [-0.05, 0) is 75.7 Å². The Bertz CT molecular complexity index is 2880. The number of carboxylic acids is 6. The Morgan fingerprint density at radius 1 is 0.495 bits per heavy atom. The molecule has 35 heteroatoms. The van der Waals surface area contributed by atoms with Crippen LogP contribution in [0.5, 0.6) is 0 Å². The largest absolute Gasteiger partial charge is 0.481 e. The highest BCUT2D eigenvalue weighted by molar-refractivity contribution is 6.00. The van der Waals surface area contributed by atoms with Gasteiger partial charge in [0.2, 0.25) is 65.0 Å². The topological polar surface area (TPSA) is 575 Å². The molecule has 1 aromatic rings. The molecular weight excluding hydrogens is 1230 g/mol. The predicted molar refractivity (Wildman–Crippen MR) is 321 cm³/mol. The van der Waals surface area contributed by atoms with Crippen LogP contribution in [0.1, 0.15) is 136 Å². The average molecular weight is 1320 g/mol. The van der Waals surface area contributed by atoms with Crippen molar-refractivity contribution >= 4 is 101 Å². The van der Waals surface area contributed by atoms with Crippen LogP contribution in [0.25, 0.3) is 0 Å². The van der Waals surface area contributed by atoms with Crippen LogP contribution in [-0.2, 0) is 87.9 Å². The highest BCUT2D eigenvalue weighted by atomic mass is 16.4. The predicted octanol–water partition coefficient (Wildman–Crippen LogP) is -3.69. The summed E-state index contributed by atoms with van der Waals surface area (Å²) in [5.74, 6) is -21.4. The SMILES string of the molecule is CC[C@H](C)[C@H](NC(=O)[C@H](CCC(=O)O)NC(=O)[C@H](CCC(=O)O)NC(=O)[C@H](Cc1ccccc1)NC(=O)[C@@H](N)CC(=O)O)C(=O)N1CCC[C@H]1C(=O)N[C@@H](CCC(=O)O)C(=O)N[C@@H](CCC(=O)O)C(=O)N[C@@H](C)C(=O)N[C@@H](CC(C)C)C(=O)N[C@@H](CCC(N)=O)C(=O)O. The summed E-state index contributed by atoms with van der Waals surface area (Å²) in [7, 11) is 0. The molecule has 0 aliphatic carbocycles. The van der Waals surface area contributed by atoms with Crippen LogP contribution in [0.4, 0.5) is 0 Å². The van der Waals surface area contributed by atoms with Crippen molar-refractivity contribution in [2.24, 2.45) is 23.3 Å². The molecule has 12 atom stereocenters. The number of amides is 11. The third-order valence-corrected chi connectivity index (χ3v) is 14.8. The fourth-order valence-electron chi connectivity index (χ4n) is 9.46. The van der Waals surface area contributed by atoms with Crippen molar-refractivity contribution in [1.82, 2.24) is 52.8 Å². The normalized spacial score (nSPS) is 16.2. The van der Waals surface area contributed by atoms with E-state index in [-0.39, 0.29) is 51.0 Å². The summed E-state index contributed by atoms with van der Waals surface area (Å²) in [6, 6.07) is -9.83. The van der Waals surface area contributed by atoms with E-state index >= 15 is 0 Å². The number of hydrogen-bond donors (Lipinski definition) is 17. The second kappa shape index (κ2) is 39.4. The number of carbonyl (C=O) groups excluding carboxylic acids is 11. The van der Waals surface area contributed by atoms with Gasteiger partial charge in [0.25, 0.3) is 0 Å². The van der Waals surface area contributed by atoms with E-state index in [2.05, 4.69) is 47.9 Å². The smallest absolute Gasteiger partial charge is 0.326 e. The van der Waals surface area contributed by atoms with Crippen molar-refractivity contribution in [2.45, 2.75) is 204 Å². The van der Waals surface area contributed by atoms with Crippen molar-refractivity contribution < 1.29 is 112 Å². The fourth-order valence-corrected chi connectivity index (χ4v) is 9.46. The number of likely N-dealkylation sites (tertiary alicyclic amines) is 1. The number of rotatable bonds is 43. The number of benzene rings is 1. The molecule has 2 rings (SSSR count). The van der Waals surface area contributed by atoms with E-state index in [1.807, 2.05) is 0 Å². The minimum atomic E-state index is -1.82. The number of nitrogens with zero attached hydrogens (tertiary/aromatic N) is 1. The Morgan fingerprint density at radius 3 is 1.34 bits per heavy atom. The molecule has 0 bridgehead atoms. The number of aliphatic carboxylic acids is 6. The molecule has 1 aliphatic heterocycles. The number of nitrogens with one attached hydrogen (secondary N) is 9. The lowest BCUT2D eigenvalue weighted by molar-refractivity contribution is -0.144. The molecule has 19 N–H and O–H groups in total. The molecule has 1 heterocycles. The molecule has 0 spiro atoms. The van der Waals surface area contributed by atoms with Gasteiger partial charge in [0.1, 0.15) is 60.4 Å². The van der Waals surface area contributed by atoms with Gasteiger partial charge in [-0.3, -0.25) is 76.7 Å². The van der Waals surface area contributed by atoms with Crippen LogP contribution in [0.2, 0.25) is 0 Å². The number of primary amides is 1. The van der Waals surface area contributed by atoms with Crippen molar-refractivity contribution in [2.75, 3.05) is 6.54 Å². The van der Waals surface area contributed by atoms with E-state index in [9.17, 15) is 112 Å². The second-order valence-corrected chi connectivity index (χ2v) is 22.8. The lowest BCUT2D eigenvalue weighted by atomic mass is 9.96. The summed E-state index contributed by atoms with van der Waals surface area (Å²) < 4.78 is 0. The maximum Gasteiger partial charge on any atom is 0.326 e. The molecule has 1 fully saturated rings. The Morgan fingerprint density at radius 2 is 0.903 bits per heavy atom. The van der Waals surface area contributed by atoms with Crippen molar-refractivity contribution in [3.05, 3.63) is 35.9 Å². The highest BCUT2D eigenvalue weighted by Gasteiger charge is 2.42. The van der Waals surface area contributed by atoms with Gasteiger partial charge in [0.15, 0.2) is 0 Å². The molecule has 0 unspecified atom stereocenters. The molecule has 93 heavy (non-hydrogen) atoms. The van der Waals surface area contributed by atoms with Gasteiger partial charge in [-0.1, -0.05) is 64.4 Å². The Balaban J connectivity index is 2.45. The number of carboxylic acid groups (broad SMARTS) is 6. The van der Waals surface area contributed by atoms with Crippen LogP contribution in [0.15, 0.2) is 30.3 Å². The van der Waals surface area contributed by atoms with Gasteiger partial charge < -0.3 is 94.9 Å². The third-order valence-electron chi connectivity index (χ3n) is 14.8. The van der Waals surface area contributed by atoms with Gasteiger partial charge in [-0.2, -0.15) is 0 Å². The van der Waals surface area contributed by atoms with Crippen LogP contribution in [0.3, 0.4) is 0 Å². The first-order valence-electron chi connectivity index (χ1n) is 30.0. The van der Waals surface area contributed by atoms with Gasteiger partial charge in [-0.25, -0.2) is 4.79 Å². The van der Waals surface area contributed by atoms with Crippen LogP contribution in [0, 0.1) is 11.8 Å². The van der Waals surface area contributed by atoms with Crippen molar-refractivity contribution in [3.8, 4) is 0 Å². The zero-order valence-corrected chi connectivity index (χ0v) is 52.1. The molecule has 0 aromatic heterocycles. The molecule has 516 valence electrons. The van der Waals surface area contributed by atoms with E-state index in [1.54, 1.807) is 51.1 Å². The molecule has 0 radical (unpaired) electrons. The first kappa shape index (κ1) is 79.3. The average Bonchev–Trinajstić information content (AvgIpc) is 1.78. The first-order valence-corrected chi connectivity index (χ1v) is 30.0. The molecule has 1 aliphatic rings. The van der Waals surface area contributed by atoms with Crippen LogP contribution >= 0.6 is 0 Å². The Kier molecular flexibility index (Phi) is 33.6. The minimum Gasteiger partial charge on any atom is -0.481 e. The zero-order valence-electron chi connectivity index (χ0n) is 52.1. The fraction of sp³-hybridized carbons (Fsp3) is 0.603. The summed E-state index contributed by atoms with van der Waals surface area (Å²) in [5.41, 5.74) is 11.3. The van der Waals surface area contributed by atoms with E-state index in [4.69, 9.17) is 11.5 Å². The number of carbonyl (C=O) groups is 17. The Labute approximate surface area is 533 Å². The van der Waals surface area contributed by atoms with Crippen molar-refractivity contribution in [3.63, 3.8) is 0 Å². The summed E-state index contributed by atoms with van der Waals surface area (Å²) >= 11 is 0. The first-order chi connectivity index (χ1) is 43.5.